The predicted molar refractivity (Wildman–Crippen MR) is 99.0 cm³/mol. The Labute approximate surface area is 164 Å². The molecule has 1 aromatic carbocycles. The van der Waals surface area contributed by atoms with Gasteiger partial charge in [-0.15, -0.1) is 0 Å². The number of carbonyl (C=O) groups excluding carboxylic acids is 3. The van der Waals surface area contributed by atoms with E-state index in [-0.39, 0.29) is 12.3 Å². The summed E-state index contributed by atoms with van der Waals surface area (Å²) in [6.45, 7) is 0.888. The summed E-state index contributed by atoms with van der Waals surface area (Å²) in [6.07, 6.45) is 1.63. The van der Waals surface area contributed by atoms with Gasteiger partial charge in [-0.2, -0.15) is 0 Å². The minimum absolute atomic E-state index is 0.0105. The summed E-state index contributed by atoms with van der Waals surface area (Å²) >= 11 is 0.844. The van der Waals surface area contributed by atoms with Gasteiger partial charge in [-0.1, -0.05) is 6.07 Å². The molecule has 1 aromatic heterocycles. The van der Waals surface area contributed by atoms with Crippen LogP contribution in [0.1, 0.15) is 21.9 Å². The monoisotopic (exact) mass is 401 g/mol. The predicted octanol–water partition coefficient (Wildman–Crippen LogP) is 3.07. The average Bonchev–Trinajstić information content (AvgIpc) is 3.28. The van der Waals surface area contributed by atoms with E-state index in [4.69, 9.17) is 13.9 Å². The number of esters is 1. The quantitative estimate of drug-likeness (QED) is 0.570. The molecule has 0 N–H and O–H groups in total. The number of hydrogen-bond donors (Lipinski definition) is 0. The fourth-order valence-electron chi connectivity index (χ4n) is 2.77. The van der Waals surface area contributed by atoms with E-state index >= 15 is 0 Å². The molecule has 4 rings (SSSR count). The molecule has 0 unspecified atom stereocenters. The Bertz CT molecular complexity index is 994. The maximum atomic E-state index is 12.6. The number of furan rings is 1. The molecule has 0 bridgehead atoms. The zero-order chi connectivity index (χ0) is 19.7. The number of fused-ring (bicyclic) bond motifs is 1. The van der Waals surface area contributed by atoms with Crippen molar-refractivity contribution >= 4 is 35.0 Å². The van der Waals surface area contributed by atoms with Crippen molar-refractivity contribution in [2.75, 3.05) is 20.3 Å². The van der Waals surface area contributed by atoms with Gasteiger partial charge in [0.15, 0.2) is 11.5 Å². The van der Waals surface area contributed by atoms with Crippen molar-refractivity contribution in [3.63, 3.8) is 0 Å². The molecule has 3 heterocycles. The van der Waals surface area contributed by atoms with Crippen molar-refractivity contribution in [1.29, 1.82) is 0 Å². The van der Waals surface area contributed by atoms with Gasteiger partial charge in [0, 0.05) is 0 Å². The van der Waals surface area contributed by atoms with Crippen molar-refractivity contribution in [2.24, 2.45) is 0 Å². The van der Waals surface area contributed by atoms with E-state index in [1.807, 2.05) is 0 Å². The standard InChI is InChI=1S/C19H15NO7S/c1-24-18(22)14-5-3-12(27-14)10-20-17(21)16(28-19(20)23)9-11-2-4-13-15(8-11)26-7-6-25-13/h2-5,8-9H,6-7,10H2,1H3. The topological polar surface area (TPSA) is 95.3 Å². The highest BCUT2D eigenvalue weighted by molar-refractivity contribution is 8.18. The van der Waals surface area contributed by atoms with Crippen molar-refractivity contribution in [3.05, 3.63) is 52.3 Å². The second-order valence-corrected chi connectivity index (χ2v) is 6.92. The Kier molecular flexibility index (Phi) is 4.82. The number of benzene rings is 1. The van der Waals surface area contributed by atoms with Crippen molar-refractivity contribution in [2.45, 2.75) is 6.54 Å². The maximum absolute atomic E-state index is 12.6. The van der Waals surface area contributed by atoms with Crippen LogP contribution in [-0.2, 0) is 16.1 Å². The molecule has 1 saturated heterocycles. The molecule has 0 radical (unpaired) electrons. The van der Waals surface area contributed by atoms with Crippen LogP contribution in [0, 0.1) is 0 Å². The van der Waals surface area contributed by atoms with Crippen molar-refractivity contribution < 1.29 is 33.0 Å². The normalized spacial score (nSPS) is 17.3. The second kappa shape index (κ2) is 7.43. The summed E-state index contributed by atoms with van der Waals surface area (Å²) in [5.41, 5.74) is 0.723. The molecule has 0 saturated carbocycles. The molecule has 9 heteroatoms. The number of hydrogen-bond acceptors (Lipinski definition) is 8. The van der Waals surface area contributed by atoms with E-state index in [2.05, 4.69) is 4.74 Å². The molecule has 0 aliphatic carbocycles. The summed E-state index contributed by atoms with van der Waals surface area (Å²) in [5, 5.41) is -0.412. The third-order valence-electron chi connectivity index (χ3n) is 4.10. The minimum atomic E-state index is -0.626. The molecule has 2 amide bonds. The smallest absolute Gasteiger partial charge is 0.373 e. The van der Waals surface area contributed by atoms with Crippen molar-refractivity contribution in [1.82, 2.24) is 4.90 Å². The summed E-state index contributed by atoms with van der Waals surface area (Å²) in [7, 11) is 1.24. The highest BCUT2D eigenvalue weighted by Gasteiger charge is 2.35. The first-order chi connectivity index (χ1) is 13.5. The van der Waals surface area contributed by atoms with E-state index in [0.29, 0.717) is 35.4 Å². The Morgan fingerprint density at radius 1 is 1.18 bits per heavy atom. The van der Waals surface area contributed by atoms with Gasteiger partial charge in [0.2, 0.25) is 5.76 Å². The van der Waals surface area contributed by atoms with E-state index in [0.717, 1.165) is 22.2 Å². The number of ether oxygens (including phenoxy) is 3. The SMILES string of the molecule is COC(=O)c1ccc(CN2C(=O)SC(=Cc3ccc4c(c3)OCCO4)C2=O)o1. The number of imide groups is 1. The average molecular weight is 401 g/mol. The summed E-state index contributed by atoms with van der Waals surface area (Å²) in [5.74, 6) is 0.514. The van der Waals surface area contributed by atoms with Crippen LogP contribution >= 0.6 is 11.8 Å². The Morgan fingerprint density at radius 3 is 2.75 bits per heavy atom. The highest BCUT2D eigenvalue weighted by atomic mass is 32.2. The van der Waals surface area contributed by atoms with Gasteiger partial charge < -0.3 is 18.6 Å². The number of amides is 2. The van der Waals surface area contributed by atoms with Gasteiger partial charge in [0.1, 0.15) is 19.0 Å². The van der Waals surface area contributed by atoms with Crippen LogP contribution in [0.4, 0.5) is 4.79 Å². The van der Waals surface area contributed by atoms with E-state index in [1.54, 1.807) is 24.3 Å². The van der Waals surface area contributed by atoms with Gasteiger partial charge in [-0.25, -0.2) is 4.79 Å². The van der Waals surface area contributed by atoms with Gasteiger partial charge in [-0.3, -0.25) is 14.5 Å². The fraction of sp³-hybridized carbons (Fsp3) is 0.211. The summed E-state index contributed by atoms with van der Waals surface area (Å²) < 4.78 is 20.9. The summed E-state index contributed by atoms with van der Waals surface area (Å²) in [4.78, 5) is 37.7. The third kappa shape index (κ3) is 3.48. The molecular formula is C19H15NO7S. The minimum Gasteiger partial charge on any atom is -0.486 e. The van der Waals surface area contributed by atoms with Gasteiger partial charge in [-0.05, 0) is 47.7 Å². The first-order valence-corrected chi connectivity index (χ1v) is 9.19. The third-order valence-corrected chi connectivity index (χ3v) is 5.01. The molecule has 8 nitrogen and oxygen atoms in total. The van der Waals surface area contributed by atoms with Crippen LogP contribution in [0.2, 0.25) is 0 Å². The highest BCUT2D eigenvalue weighted by Crippen LogP contribution is 2.36. The number of methoxy groups -OCH3 is 1. The zero-order valence-corrected chi connectivity index (χ0v) is 15.6. The molecule has 28 heavy (non-hydrogen) atoms. The second-order valence-electron chi connectivity index (χ2n) is 5.93. The number of carbonyl (C=O) groups is 3. The molecule has 0 atom stereocenters. The molecule has 2 aliphatic heterocycles. The first-order valence-electron chi connectivity index (χ1n) is 8.37. The van der Waals surface area contributed by atoms with Crippen LogP contribution < -0.4 is 9.47 Å². The lowest BCUT2D eigenvalue weighted by molar-refractivity contribution is -0.123. The molecule has 2 aromatic rings. The van der Waals surface area contributed by atoms with Crippen LogP contribution in [-0.4, -0.2) is 42.3 Å². The zero-order valence-electron chi connectivity index (χ0n) is 14.8. The van der Waals surface area contributed by atoms with Crippen LogP contribution in [0.3, 0.4) is 0 Å². The lowest BCUT2D eigenvalue weighted by Gasteiger charge is -2.18. The first kappa shape index (κ1) is 18.2. The largest absolute Gasteiger partial charge is 0.486 e. The van der Waals surface area contributed by atoms with Crippen LogP contribution in [0.5, 0.6) is 11.5 Å². The van der Waals surface area contributed by atoms with E-state index in [1.165, 1.54) is 19.2 Å². The molecule has 144 valence electrons. The van der Waals surface area contributed by atoms with Gasteiger partial charge in [0.05, 0.1) is 18.6 Å². The summed E-state index contributed by atoms with van der Waals surface area (Å²) in [6, 6.07) is 8.28. The number of rotatable bonds is 4. The molecule has 0 spiro atoms. The molecular weight excluding hydrogens is 386 g/mol. The molecule has 2 aliphatic rings. The Morgan fingerprint density at radius 2 is 1.96 bits per heavy atom. The van der Waals surface area contributed by atoms with E-state index < -0.39 is 17.1 Å². The van der Waals surface area contributed by atoms with E-state index in [9.17, 15) is 14.4 Å². The van der Waals surface area contributed by atoms with Gasteiger partial charge in [0.25, 0.3) is 11.1 Å². The van der Waals surface area contributed by atoms with Crippen molar-refractivity contribution in [3.8, 4) is 11.5 Å². The van der Waals surface area contributed by atoms with Crippen LogP contribution in [0.15, 0.2) is 39.7 Å². The van der Waals surface area contributed by atoms with Crippen LogP contribution in [0.25, 0.3) is 6.08 Å². The van der Waals surface area contributed by atoms with Gasteiger partial charge >= 0.3 is 5.97 Å². The maximum Gasteiger partial charge on any atom is 0.373 e. The lowest BCUT2D eigenvalue weighted by Crippen LogP contribution is -2.27. The Balaban J connectivity index is 1.51. The molecule has 1 fully saturated rings. The Hall–Kier alpha value is -3.20. The fourth-order valence-corrected chi connectivity index (χ4v) is 3.60. The number of nitrogens with zero attached hydrogens (tertiary/aromatic N) is 1. The lowest BCUT2D eigenvalue weighted by atomic mass is 10.1. The number of thioether (sulfide) groups is 1.